The average Bonchev–Trinajstić information content (AvgIpc) is 2.92. The first-order valence-corrected chi connectivity index (χ1v) is 6.00. The van der Waals surface area contributed by atoms with Crippen molar-refractivity contribution in [3.8, 4) is 0 Å². The van der Waals surface area contributed by atoms with Crippen LogP contribution in [-0.2, 0) is 16.1 Å². The Kier molecular flexibility index (Phi) is 3.59. The summed E-state index contributed by atoms with van der Waals surface area (Å²) in [5.41, 5.74) is 0. The van der Waals surface area contributed by atoms with Gasteiger partial charge < -0.3 is 0 Å². The number of hydrogen-bond acceptors (Lipinski definition) is 5. The highest BCUT2D eigenvalue weighted by atomic mass is 16.2. The molecule has 102 valence electrons. The zero-order chi connectivity index (χ0) is 14.0. The molecule has 0 saturated carbocycles. The lowest BCUT2D eigenvalue weighted by Crippen LogP contribution is -2.37. The molecule has 0 aliphatic carbocycles. The van der Waals surface area contributed by atoms with Gasteiger partial charge in [-0.25, -0.2) is 9.78 Å². The van der Waals surface area contributed by atoms with Crippen LogP contribution in [0.3, 0.4) is 0 Å². The molecule has 1 aromatic heterocycles. The van der Waals surface area contributed by atoms with Crippen LogP contribution in [0, 0.1) is 5.92 Å². The van der Waals surface area contributed by atoms with Crippen LogP contribution in [0.2, 0.25) is 0 Å². The molecular formula is C11H15N5O3. The number of carbonyl (C=O) groups excluding carboxylic acids is 3. The van der Waals surface area contributed by atoms with E-state index >= 15 is 0 Å². The van der Waals surface area contributed by atoms with Crippen molar-refractivity contribution >= 4 is 17.8 Å². The second-order valence-corrected chi connectivity index (χ2v) is 4.71. The summed E-state index contributed by atoms with van der Waals surface area (Å²) in [6, 6.07) is -0.552. The van der Waals surface area contributed by atoms with E-state index < -0.39 is 17.8 Å². The minimum absolute atomic E-state index is 0.112. The van der Waals surface area contributed by atoms with E-state index in [4.69, 9.17) is 0 Å². The lowest BCUT2D eigenvalue weighted by atomic mass is 10.2. The molecule has 0 atom stereocenters. The van der Waals surface area contributed by atoms with Crippen molar-refractivity contribution in [3.05, 3.63) is 12.7 Å². The number of imide groups is 2. The van der Waals surface area contributed by atoms with E-state index in [1.54, 1.807) is 0 Å². The summed E-state index contributed by atoms with van der Waals surface area (Å²) in [6.45, 7) is 4.44. The lowest BCUT2D eigenvalue weighted by Gasteiger charge is -2.16. The predicted octanol–water partition coefficient (Wildman–Crippen LogP) is -0.275. The van der Waals surface area contributed by atoms with Crippen molar-refractivity contribution in [2.24, 2.45) is 5.92 Å². The molecule has 1 aliphatic heterocycles. The fourth-order valence-corrected chi connectivity index (χ4v) is 1.82. The van der Waals surface area contributed by atoms with Gasteiger partial charge in [0.15, 0.2) is 0 Å². The van der Waals surface area contributed by atoms with Crippen LogP contribution in [0.4, 0.5) is 4.79 Å². The molecule has 8 heteroatoms. The molecule has 1 saturated heterocycles. The molecule has 2 rings (SSSR count). The fraction of sp³-hybridized carbons (Fsp3) is 0.545. The number of rotatable bonds is 5. The minimum atomic E-state index is -0.772. The van der Waals surface area contributed by atoms with Gasteiger partial charge in [0.1, 0.15) is 12.7 Å². The normalized spacial score (nSPS) is 16.1. The highest BCUT2D eigenvalue weighted by Gasteiger charge is 2.44. The first-order valence-electron chi connectivity index (χ1n) is 6.00. The van der Waals surface area contributed by atoms with Crippen molar-refractivity contribution in [2.75, 3.05) is 13.1 Å². The molecule has 0 N–H and O–H groups in total. The number of aromatic nitrogens is 3. The summed E-state index contributed by atoms with van der Waals surface area (Å²) in [6.07, 6.45) is 2.85. The number of carbonyl (C=O) groups is 3. The van der Waals surface area contributed by atoms with Crippen molar-refractivity contribution in [1.82, 2.24) is 24.6 Å². The Labute approximate surface area is 110 Å². The van der Waals surface area contributed by atoms with Gasteiger partial charge in [0.05, 0.1) is 13.1 Å². The molecule has 0 bridgehead atoms. The number of nitrogens with zero attached hydrogens (tertiary/aromatic N) is 5. The second-order valence-electron chi connectivity index (χ2n) is 4.71. The van der Waals surface area contributed by atoms with Crippen LogP contribution in [0.1, 0.15) is 13.8 Å². The van der Waals surface area contributed by atoms with E-state index in [1.165, 1.54) is 17.3 Å². The van der Waals surface area contributed by atoms with Crippen molar-refractivity contribution in [2.45, 2.75) is 20.4 Å². The summed E-state index contributed by atoms with van der Waals surface area (Å²) in [7, 11) is 0. The van der Waals surface area contributed by atoms with E-state index in [0.717, 1.165) is 9.80 Å². The summed E-state index contributed by atoms with van der Waals surface area (Å²) in [5.74, 6) is -1.40. The number of hydrogen-bond donors (Lipinski definition) is 0. The fourth-order valence-electron chi connectivity index (χ4n) is 1.82. The molecule has 4 amide bonds. The van der Waals surface area contributed by atoms with Gasteiger partial charge in [0, 0.05) is 6.54 Å². The molecule has 1 aromatic rings. The standard InChI is InChI=1S/C11H15N5O3/c1-8(2)5-16-10(18)9(17)15(11(16)19)4-3-14-7-12-6-13-14/h6-8H,3-5H2,1-2H3. The third kappa shape index (κ3) is 2.61. The molecule has 1 aliphatic rings. The predicted molar refractivity (Wildman–Crippen MR) is 63.7 cm³/mol. The van der Waals surface area contributed by atoms with Crippen LogP contribution >= 0.6 is 0 Å². The Morgan fingerprint density at radius 3 is 2.37 bits per heavy atom. The van der Waals surface area contributed by atoms with E-state index in [-0.39, 0.29) is 19.0 Å². The zero-order valence-electron chi connectivity index (χ0n) is 10.8. The first-order chi connectivity index (χ1) is 9.00. The van der Waals surface area contributed by atoms with Crippen LogP contribution in [0.5, 0.6) is 0 Å². The molecule has 0 spiro atoms. The van der Waals surface area contributed by atoms with Gasteiger partial charge in [-0.3, -0.25) is 24.1 Å². The molecule has 0 unspecified atom stereocenters. The van der Waals surface area contributed by atoms with Gasteiger partial charge in [0.2, 0.25) is 0 Å². The second kappa shape index (κ2) is 5.17. The molecule has 0 radical (unpaired) electrons. The van der Waals surface area contributed by atoms with Crippen LogP contribution < -0.4 is 0 Å². The highest BCUT2D eigenvalue weighted by Crippen LogP contribution is 2.13. The SMILES string of the molecule is CC(C)CN1C(=O)C(=O)N(CCn2cncn2)C1=O. The molecule has 19 heavy (non-hydrogen) atoms. The van der Waals surface area contributed by atoms with Crippen molar-refractivity contribution in [1.29, 1.82) is 0 Å². The molecule has 1 fully saturated rings. The molecule has 8 nitrogen and oxygen atoms in total. The zero-order valence-corrected chi connectivity index (χ0v) is 10.8. The Bertz CT molecular complexity index is 496. The molecule has 2 heterocycles. The minimum Gasteiger partial charge on any atom is -0.263 e. The van der Waals surface area contributed by atoms with E-state index in [1.807, 2.05) is 13.8 Å². The summed E-state index contributed by atoms with van der Waals surface area (Å²) in [4.78, 5) is 41.1. The average molecular weight is 265 g/mol. The van der Waals surface area contributed by atoms with Gasteiger partial charge in [0.25, 0.3) is 0 Å². The Balaban J connectivity index is 2.03. The molecule has 0 aromatic carbocycles. The van der Waals surface area contributed by atoms with Crippen LogP contribution in [-0.4, -0.2) is 55.5 Å². The smallest absolute Gasteiger partial charge is 0.263 e. The van der Waals surface area contributed by atoms with E-state index in [2.05, 4.69) is 10.1 Å². The third-order valence-electron chi connectivity index (χ3n) is 2.70. The summed E-state index contributed by atoms with van der Waals surface area (Å²) in [5, 5.41) is 3.87. The largest absolute Gasteiger partial charge is 0.334 e. The number of amides is 4. The Morgan fingerprint density at radius 2 is 1.79 bits per heavy atom. The van der Waals surface area contributed by atoms with Crippen molar-refractivity contribution < 1.29 is 14.4 Å². The maximum atomic E-state index is 12.0. The van der Waals surface area contributed by atoms with Crippen molar-refractivity contribution in [3.63, 3.8) is 0 Å². The quantitative estimate of drug-likeness (QED) is 0.540. The van der Waals surface area contributed by atoms with Crippen LogP contribution in [0.15, 0.2) is 12.7 Å². The first kappa shape index (κ1) is 13.2. The topological polar surface area (TPSA) is 88.4 Å². The van der Waals surface area contributed by atoms with E-state index in [0.29, 0.717) is 6.54 Å². The maximum absolute atomic E-state index is 12.0. The van der Waals surface area contributed by atoms with Gasteiger partial charge in [-0.15, -0.1) is 0 Å². The van der Waals surface area contributed by atoms with Crippen LogP contribution in [0.25, 0.3) is 0 Å². The Hall–Kier alpha value is -2.25. The summed E-state index contributed by atoms with van der Waals surface area (Å²) < 4.78 is 1.50. The van der Waals surface area contributed by atoms with Gasteiger partial charge in [-0.2, -0.15) is 5.10 Å². The summed E-state index contributed by atoms with van der Waals surface area (Å²) >= 11 is 0. The third-order valence-corrected chi connectivity index (χ3v) is 2.70. The lowest BCUT2D eigenvalue weighted by molar-refractivity contribution is -0.143. The Morgan fingerprint density at radius 1 is 1.11 bits per heavy atom. The molecular weight excluding hydrogens is 250 g/mol. The van der Waals surface area contributed by atoms with Gasteiger partial charge in [-0.05, 0) is 5.92 Å². The number of urea groups is 1. The van der Waals surface area contributed by atoms with Gasteiger partial charge >= 0.3 is 17.8 Å². The highest BCUT2D eigenvalue weighted by molar-refractivity contribution is 6.44. The maximum Gasteiger partial charge on any atom is 0.334 e. The van der Waals surface area contributed by atoms with Gasteiger partial charge in [-0.1, -0.05) is 13.8 Å². The van der Waals surface area contributed by atoms with E-state index in [9.17, 15) is 14.4 Å². The monoisotopic (exact) mass is 265 g/mol.